The van der Waals surface area contributed by atoms with Crippen molar-refractivity contribution >= 4 is 5.91 Å². The number of hydrogen-bond acceptors (Lipinski definition) is 2. The van der Waals surface area contributed by atoms with E-state index in [1.807, 2.05) is 6.92 Å². The first-order valence-electron chi connectivity index (χ1n) is 8.00. The number of nitrogens with two attached hydrogens (primary N) is 1. The van der Waals surface area contributed by atoms with Gasteiger partial charge in [-0.1, -0.05) is 45.9 Å². The van der Waals surface area contributed by atoms with Crippen LogP contribution in [-0.2, 0) is 11.2 Å². The zero-order chi connectivity index (χ0) is 15.6. The van der Waals surface area contributed by atoms with E-state index in [-0.39, 0.29) is 23.4 Å². The molecule has 3 heteroatoms. The average Bonchev–Trinajstić information content (AvgIpc) is 2.45. The van der Waals surface area contributed by atoms with Crippen LogP contribution in [0.4, 0.5) is 0 Å². The number of nitrogens with one attached hydrogen (secondary N) is 1. The molecule has 0 aromatic heterocycles. The van der Waals surface area contributed by atoms with E-state index >= 15 is 0 Å². The monoisotopic (exact) mass is 288 g/mol. The molecule has 2 unspecified atom stereocenters. The number of amides is 1. The highest BCUT2D eigenvalue weighted by atomic mass is 16.1. The van der Waals surface area contributed by atoms with Crippen LogP contribution in [0.2, 0.25) is 0 Å². The Balaban J connectivity index is 2.31. The second-order valence-electron chi connectivity index (χ2n) is 7.17. The summed E-state index contributed by atoms with van der Waals surface area (Å²) in [4.78, 5) is 11.7. The largest absolute Gasteiger partial charge is 0.349 e. The lowest BCUT2D eigenvalue weighted by molar-refractivity contribution is -0.121. The molecule has 3 N–H and O–H groups in total. The summed E-state index contributed by atoms with van der Waals surface area (Å²) in [5.41, 5.74) is 10.2. The van der Waals surface area contributed by atoms with Crippen LogP contribution in [0.15, 0.2) is 18.2 Å². The number of fused-ring (bicyclic) bond motifs is 1. The molecule has 116 valence electrons. The van der Waals surface area contributed by atoms with Crippen molar-refractivity contribution in [2.75, 3.05) is 0 Å². The number of carbonyl (C=O) groups excluding carboxylic acids is 1. The van der Waals surface area contributed by atoms with E-state index in [0.29, 0.717) is 6.42 Å². The summed E-state index contributed by atoms with van der Waals surface area (Å²) in [5.74, 6) is 0.123. The van der Waals surface area contributed by atoms with Gasteiger partial charge < -0.3 is 11.1 Å². The Morgan fingerprint density at radius 2 is 2.14 bits per heavy atom. The van der Waals surface area contributed by atoms with Gasteiger partial charge in [-0.25, -0.2) is 0 Å². The molecule has 0 radical (unpaired) electrons. The van der Waals surface area contributed by atoms with Crippen molar-refractivity contribution < 1.29 is 4.79 Å². The molecule has 0 fully saturated rings. The molecule has 2 rings (SSSR count). The quantitative estimate of drug-likeness (QED) is 0.892. The zero-order valence-electron chi connectivity index (χ0n) is 13.7. The number of aryl methyl sites for hydroxylation is 1. The Hall–Kier alpha value is -1.35. The number of benzene rings is 1. The Morgan fingerprint density at radius 3 is 2.76 bits per heavy atom. The summed E-state index contributed by atoms with van der Waals surface area (Å²) in [6.07, 6.45) is 3.78. The summed E-state index contributed by atoms with van der Waals surface area (Å²) in [5, 5.41) is 3.15. The van der Waals surface area contributed by atoms with E-state index in [1.54, 1.807) is 0 Å². The molecule has 0 heterocycles. The van der Waals surface area contributed by atoms with Gasteiger partial charge in [0.25, 0.3) is 0 Å². The lowest BCUT2D eigenvalue weighted by atomic mass is 9.80. The van der Waals surface area contributed by atoms with Crippen molar-refractivity contribution in [1.29, 1.82) is 0 Å². The van der Waals surface area contributed by atoms with Crippen LogP contribution in [0.25, 0.3) is 0 Å². The van der Waals surface area contributed by atoms with E-state index in [9.17, 15) is 4.79 Å². The summed E-state index contributed by atoms with van der Waals surface area (Å²) in [7, 11) is 0. The predicted octanol–water partition coefficient (Wildman–Crippen LogP) is 3.64. The lowest BCUT2D eigenvalue weighted by Gasteiger charge is -2.31. The SMILES string of the molecule is CCC(=O)NC1CCCc2ccc(C(N)C(C)(C)C)cc21. The Morgan fingerprint density at radius 1 is 1.43 bits per heavy atom. The highest BCUT2D eigenvalue weighted by molar-refractivity contribution is 5.76. The highest BCUT2D eigenvalue weighted by Crippen LogP contribution is 2.35. The molecule has 1 amide bonds. The number of hydrogen-bond donors (Lipinski definition) is 2. The van der Waals surface area contributed by atoms with Crippen molar-refractivity contribution in [3.8, 4) is 0 Å². The Kier molecular flexibility index (Phi) is 4.72. The average molecular weight is 288 g/mol. The third kappa shape index (κ3) is 3.65. The molecule has 1 aromatic rings. The zero-order valence-corrected chi connectivity index (χ0v) is 13.7. The molecule has 3 nitrogen and oxygen atoms in total. The van der Waals surface area contributed by atoms with Gasteiger partial charge in [-0.15, -0.1) is 0 Å². The van der Waals surface area contributed by atoms with Crippen LogP contribution >= 0.6 is 0 Å². The maximum Gasteiger partial charge on any atom is 0.220 e. The minimum Gasteiger partial charge on any atom is -0.349 e. The first-order chi connectivity index (χ1) is 9.82. The first kappa shape index (κ1) is 16.0. The van der Waals surface area contributed by atoms with Gasteiger partial charge in [0.2, 0.25) is 5.91 Å². The topological polar surface area (TPSA) is 55.1 Å². The molecule has 21 heavy (non-hydrogen) atoms. The van der Waals surface area contributed by atoms with E-state index in [1.165, 1.54) is 16.7 Å². The first-order valence-corrected chi connectivity index (χ1v) is 8.00. The van der Waals surface area contributed by atoms with Gasteiger partial charge in [0.15, 0.2) is 0 Å². The third-order valence-electron chi connectivity index (χ3n) is 4.43. The van der Waals surface area contributed by atoms with Crippen LogP contribution < -0.4 is 11.1 Å². The van der Waals surface area contributed by atoms with Crippen molar-refractivity contribution in [2.45, 2.75) is 65.5 Å². The lowest BCUT2D eigenvalue weighted by Crippen LogP contribution is -2.31. The molecule has 1 aromatic carbocycles. The maximum absolute atomic E-state index is 11.7. The minimum atomic E-state index is 0.00672. The second kappa shape index (κ2) is 6.18. The summed E-state index contributed by atoms with van der Waals surface area (Å²) in [6, 6.07) is 6.71. The Bertz CT molecular complexity index is 516. The molecular weight excluding hydrogens is 260 g/mol. The summed E-state index contributed by atoms with van der Waals surface area (Å²) < 4.78 is 0. The van der Waals surface area contributed by atoms with Crippen LogP contribution in [0, 0.1) is 5.41 Å². The second-order valence-corrected chi connectivity index (χ2v) is 7.17. The fourth-order valence-corrected chi connectivity index (χ4v) is 2.96. The van der Waals surface area contributed by atoms with Crippen molar-refractivity contribution in [3.63, 3.8) is 0 Å². The van der Waals surface area contributed by atoms with Crippen LogP contribution in [-0.4, -0.2) is 5.91 Å². The van der Waals surface area contributed by atoms with Crippen LogP contribution in [0.5, 0.6) is 0 Å². The Labute approximate surface area is 128 Å². The van der Waals surface area contributed by atoms with Gasteiger partial charge in [-0.3, -0.25) is 4.79 Å². The molecule has 0 aliphatic heterocycles. The maximum atomic E-state index is 11.7. The molecule has 0 saturated heterocycles. The number of rotatable bonds is 3. The van der Waals surface area contributed by atoms with E-state index in [2.05, 4.69) is 44.3 Å². The van der Waals surface area contributed by atoms with Crippen molar-refractivity contribution in [3.05, 3.63) is 34.9 Å². The van der Waals surface area contributed by atoms with E-state index in [0.717, 1.165) is 19.3 Å². The van der Waals surface area contributed by atoms with E-state index in [4.69, 9.17) is 5.73 Å². The molecule has 0 bridgehead atoms. The van der Waals surface area contributed by atoms with Crippen LogP contribution in [0.1, 0.15) is 75.7 Å². The molecule has 0 saturated carbocycles. The van der Waals surface area contributed by atoms with Gasteiger partial charge in [0, 0.05) is 12.5 Å². The standard InChI is InChI=1S/C18H28N2O/c1-5-16(21)20-15-8-6-7-12-9-10-13(11-14(12)15)17(19)18(2,3)4/h9-11,15,17H,5-8,19H2,1-4H3,(H,20,21). The summed E-state index contributed by atoms with van der Waals surface area (Å²) in [6.45, 7) is 8.37. The molecule has 0 spiro atoms. The molecule has 2 atom stereocenters. The van der Waals surface area contributed by atoms with E-state index < -0.39 is 0 Å². The van der Waals surface area contributed by atoms with Crippen molar-refractivity contribution in [1.82, 2.24) is 5.32 Å². The highest BCUT2D eigenvalue weighted by Gasteiger charge is 2.26. The van der Waals surface area contributed by atoms with Gasteiger partial charge in [0.05, 0.1) is 6.04 Å². The number of carbonyl (C=O) groups is 1. The smallest absolute Gasteiger partial charge is 0.220 e. The van der Waals surface area contributed by atoms with Crippen LogP contribution in [0.3, 0.4) is 0 Å². The molecule has 1 aliphatic carbocycles. The fourth-order valence-electron chi connectivity index (χ4n) is 2.96. The third-order valence-corrected chi connectivity index (χ3v) is 4.43. The van der Waals surface area contributed by atoms with Gasteiger partial charge in [-0.05, 0) is 41.4 Å². The van der Waals surface area contributed by atoms with Crippen molar-refractivity contribution in [2.24, 2.45) is 11.1 Å². The van der Waals surface area contributed by atoms with Gasteiger partial charge in [-0.2, -0.15) is 0 Å². The normalized spacial score (nSPS) is 19.8. The van der Waals surface area contributed by atoms with Gasteiger partial charge >= 0.3 is 0 Å². The molecular formula is C18H28N2O. The molecule has 1 aliphatic rings. The minimum absolute atomic E-state index is 0.00672. The summed E-state index contributed by atoms with van der Waals surface area (Å²) >= 11 is 0. The van der Waals surface area contributed by atoms with Gasteiger partial charge in [0.1, 0.15) is 0 Å². The predicted molar refractivity (Wildman–Crippen MR) is 86.9 cm³/mol. The fraction of sp³-hybridized carbons (Fsp3) is 0.611.